The molecule has 4 nitrogen and oxygen atoms in total. The van der Waals surface area contributed by atoms with Crippen molar-refractivity contribution in [3.63, 3.8) is 0 Å². The minimum absolute atomic E-state index is 0.322. The lowest BCUT2D eigenvalue weighted by Gasteiger charge is -1.82. The number of isocyanates is 1. The molecule has 2 aromatic rings. The van der Waals surface area contributed by atoms with E-state index in [2.05, 4.69) is 0 Å². The van der Waals surface area contributed by atoms with Crippen LogP contribution in [0.15, 0.2) is 60.7 Å². The lowest BCUT2D eigenvalue weighted by Crippen LogP contribution is -1.56. The van der Waals surface area contributed by atoms with Crippen molar-refractivity contribution < 1.29 is 15.0 Å². The fraction of sp³-hybridized carbons (Fsp3) is 0. The molecule has 0 saturated heterocycles. The van der Waals surface area contributed by atoms with Crippen molar-refractivity contribution in [1.29, 1.82) is 0 Å². The van der Waals surface area contributed by atoms with Crippen molar-refractivity contribution in [2.45, 2.75) is 0 Å². The highest BCUT2D eigenvalue weighted by molar-refractivity contribution is 5.36. The summed E-state index contributed by atoms with van der Waals surface area (Å²) >= 11 is 0. The summed E-state index contributed by atoms with van der Waals surface area (Å²) in [5, 5.41) is 24.0. The smallest absolute Gasteiger partial charge is 0.115 e. The van der Waals surface area contributed by atoms with Gasteiger partial charge in [0, 0.05) is 0 Å². The first-order valence-electron chi connectivity index (χ1n) is 4.70. The molecule has 0 aliphatic carbocycles. The van der Waals surface area contributed by atoms with E-state index in [-0.39, 0.29) is 0 Å². The van der Waals surface area contributed by atoms with Crippen LogP contribution in [0.1, 0.15) is 0 Å². The first-order chi connectivity index (χ1) is 8.20. The van der Waals surface area contributed by atoms with Crippen LogP contribution in [-0.2, 0) is 4.79 Å². The molecule has 2 N–H and O–H groups in total. The van der Waals surface area contributed by atoms with Crippen LogP contribution in [0.25, 0.3) is 5.41 Å². The van der Waals surface area contributed by atoms with Crippen LogP contribution in [-0.4, -0.2) is 16.3 Å². The van der Waals surface area contributed by atoms with Crippen molar-refractivity contribution in [2.75, 3.05) is 0 Å². The number of hydrogen-bond donors (Lipinski definition) is 2. The zero-order valence-corrected chi connectivity index (χ0v) is 9.02. The number of benzene rings is 2. The second-order valence-corrected chi connectivity index (χ2v) is 2.76. The molecule has 17 heavy (non-hydrogen) atoms. The maximum Gasteiger partial charge on any atom is 0.115 e. The molecular formula is C13H12NO3-. The number of phenols is 2. The molecule has 0 amide bonds. The Morgan fingerprint density at radius 1 is 0.765 bits per heavy atom. The lowest BCUT2D eigenvalue weighted by atomic mass is 10.3. The molecule has 0 saturated carbocycles. The van der Waals surface area contributed by atoms with Crippen molar-refractivity contribution in [3.05, 3.63) is 66.1 Å². The Balaban J connectivity index is 0.000000247. The summed E-state index contributed by atoms with van der Waals surface area (Å²) in [5.74, 6) is 0.644. The van der Waals surface area contributed by atoms with Crippen molar-refractivity contribution in [1.82, 2.24) is 0 Å². The highest BCUT2D eigenvalue weighted by atomic mass is 16.3. The first kappa shape index (κ1) is 14.4. The number of rotatable bonds is 0. The van der Waals surface area contributed by atoms with E-state index in [1.807, 2.05) is 12.1 Å². The third-order valence-corrected chi connectivity index (χ3v) is 1.51. The van der Waals surface area contributed by atoms with Crippen LogP contribution in [0.3, 0.4) is 0 Å². The SMILES string of the molecule is Oc1ccccc1.Oc1ccccc1.[N-]=C=O. The Morgan fingerprint density at radius 2 is 1.00 bits per heavy atom. The Kier molecular flexibility index (Phi) is 8.44. The number of phenolic OH excluding ortho intramolecular Hbond substituents is 2. The largest absolute Gasteiger partial charge is 0.724 e. The van der Waals surface area contributed by atoms with E-state index < -0.39 is 0 Å². The van der Waals surface area contributed by atoms with Crippen LogP contribution in [0, 0.1) is 0 Å². The highest BCUT2D eigenvalue weighted by Gasteiger charge is 1.75. The lowest BCUT2D eigenvalue weighted by molar-refractivity contribution is 0.475. The summed E-state index contributed by atoms with van der Waals surface area (Å²) < 4.78 is 0. The van der Waals surface area contributed by atoms with E-state index in [1.165, 1.54) is 0 Å². The molecule has 2 aromatic carbocycles. The molecule has 0 aromatic heterocycles. The molecule has 0 radical (unpaired) electrons. The van der Waals surface area contributed by atoms with Crippen LogP contribution < -0.4 is 0 Å². The van der Waals surface area contributed by atoms with Gasteiger partial charge in [0.1, 0.15) is 11.5 Å². The third kappa shape index (κ3) is 9.72. The number of aromatic hydroxyl groups is 2. The number of para-hydroxylation sites is 2. The molecule has 0 unspecified atom stereocenters. The summed E-state index contributed by atoms with van der Waals surface area (Å²) in [6.07, 6.45) is 0.500. The van der Waals surface area contributed by atoms with Gasteiger partial charge in [-0.2, -0.15) is 0 Å². The average Bonchev–Trinajstić information content (AvgIpc) is 2.33. The maximum atomic E-state index is 8.63. The number of hydrogen-bond acceptors (Lipinski definition) is 3. The maximum absolute atomic E-state index is 8.63. The summed E-state index contributed by atoms with van der Waals surface area (Å²) in [4.78, 5) is 8.24. The van der Waals surface area contributed by atoms with Gasteiger partial charge in [0.25, 0.3) is 0 Å². The molecule has 0 bridgehead atoms. The summed E-state index contributed by atoms with van der Waals surface area (Å²) in [5.41, 5.74) is 0. The predicted octanol–water partition coefficient (Wildman–Crippen LogP) is 2.68. The molecule has 0 aliphatic rings. The van der Waals surface area contributed by atoms with Crippen LogP contribution in [0.2, 0.25) is 0 Å². The Labute approximate surface area is 99.3 Å². The van der Waals surface area contributed by atoms with Gasteiger partial charge in [-0.1, -0.05) is 36.4 Å². The van der Waals surface area contributed by atoms with Gasteiger partial charge in [0.05, 0.1) is 0 Å². The molecule has 4 heteroatoms. The second-order valence-electron chi connectivity index (χ2n) is 2.76. The molecule has 88 valence electrons. The van der Waals surface area contributed by atoms with E-state index in [1.54, 1.807) is 48.5 Å². The quantitative estimate of drug-likeness (QED) is 0.539. The van der Waals surface area contributed by atoms with E-state index in [9.17, 15) is 0 Å². The summed E-state index contributed by atoms with van der Waals surface area (Å²) in [6, 6.07) is 17.4. The van der Waals surface area contributed by atoms with Crippen LogP contribution >= 0.6 is 0 Å². The molecule has 2 rings (SSSR count). The Morgan fingerprint density at radius 3 is 1.12 bits per heavy atom. The van der Waals surface area contributed by atoms with Crippen LogP contribution in [0.5, 0.6) is 11.5 Å². The molecule has 0 aliphatic heterocycles. The molecular weight excluding hydrogens is 218 g/mol. The van der Waals surface area contributed by atoms with Gasteiger partial charge in [0.15, 0.2) is 0 Å². The Hall–Kier alpha value is -2.58. The summed E-state index contributed by atoms with van der Waals surface area (Å²) in [6.45, 7) is 0. The Bertz CT molecular complexity index is 385. The first-order valence-corrected chi connectivity index (χ1v) is 4.70. The fourth-order valence-corrected chi connectivity index (χ4v) is 0.856. The second kappa shape index (κ2) is 9.96. The monoisotopic (exact) mass is 230 g/mol. The molecule has 0 atom stereocenters. The highest BCUT2D eigenvalue weighted by Crippen LogP contribution is 2.03. The van der Waals surface area contributed by atoms with E-state index in [4.69, 9.17) is 20.4 Å². The fourth-order valence-electron chi connectivity index (χ4n) is 0.856. The predicted molar refractivity (Wildman–Crippen MR) is 65.3 cm³/mol. The van der Waals surface area contributed by atoms with Crippen LogP contribution in [0.4, 0.5) is 0 Å². The third-order valence-electron chi connectivity index (χ3n) is 1.51. The van der Waals surface area contributed by atoms with Gasteiger partial charge >= 0.3 is 0 Å². The van der Waals surface area contributed by atoms with Crippen molar-refractivity contribution >= 4 is 6.08 Å². The van der Waals surface area contributed by atoms with Crippen molar-refractivity contribution in [3.8, 4) is 11.5 Å². The van der Waals surface area contributed by atoms with Gasteiger partial charge in [0.2, 0.25) is 0 Å². The number of carbonyl (C=O) groups excluding carboxylic acids is 1. The zero-order valence-electron chi connectivity index (χ0n) is 9.02. The van der Waals surface area contributed by atoms with Gasteiger partial charge in [-0.25, -0.2) is 0 Å². The minimum Gasteiger partial charge on any atom is -0.724 e. The normalized spacial score (nSPS) is 7.53. The van der Waals surface area contributed by atoms with E-state index in [0.717, 1.165) is 0 Å². The van der Waals surface area contributed by atoms with Crippen molar-refractivity contribution in [2.24, 2.45) is 0 Å². The molecule has 0 fully saturated rings. The van der Waals surface area contributed by atoms with Gasteiger partial charge in [-0.3, -0.25) is 4.79 Å². The average molecular weight is 230 g/mol. The standard InChI is InChI=1S/2C6H6O.CNO/c2*7-6-4-2-1-3-5-6;2-1-3/h2*1-5,7H;/q;;-1. The zero-order chi connectivity index (χ0) is 12.9. The summed E-state index contributed by atoms with van der Waals surface area (Å²) in [7, 11) is 0. The minimum atomic E-state index is 0.322. The number of nitrogens with zero attached hydrogens (tertiary/aromatic N) is 1. The van der Waals surface area contributed by atoms with Gasteiger partial charge < -0.3 is 15.6 Å². The van der Waals surface area contributed by atoms with E-state index in [0.29, 0.717) is 17.6 Å². The topological polar surface area (TPSA) is 79.8 Å². The van der Waals surface area contributed by atoms with Gasteiger partial charge in [-0.05, 0) is 30.3 Å². The molecule has 0 heterocycles. The van der Waals surface area contributed by atoms with E-state index >= 15 is 0 Å². The van der Waals surface area contributed by atoms with Gasteiger partial charge in [-0.15, -0.1) is 0 Å². The molecule has 0 spiro atoms.